The van der Waals surface area contributed by atoms with E-state index >= 15 is 0 Å². The molecule has 27 heavy (non-hydrogen) atoms. The summed E-state index contributed by atoms with van der Waals surface area (Å²) in [6, 6.07) is 11.2. The van der Waals surface area contributed by atoms with Gasteiger partial charge in [0.15, 0.2) is 5.82 Å². The summed E-state index contributed by atoms with van der Waals surface area (Å²) in [5.74, 6) is 1.67. The Labute approximate surface area is 162 Å². The van der Waals surface area contributed by atoms with Crippen molar-refractivity contribution in [2.45, 2.75) is 6.42 Å². The summed E-state index contributed by atoms with van der Waals surface area (Å²) in [6.07, 6.45) is 5.43. The van der Waals surface area contributed by atoms with Crippen molar-refractivity contribution in [1.29, 1.82) is 0 Å². The van der Waals surface area contributed by atoms with Crippen LogP contribution in [-0.2, 0) is 11.2 Å². The number of aromatic nitrogens is 4. The zero-order valence-electron chi connectivity index (χ0n) is 14.7. The van der Waals surface area contributed by atoms with E-state index in [0.29, 0.717) is 24.5 Å². The average Bonchev–Trinajstić information content (AvgIpc) is 3.25. The van der Waals surface area contributed by atoms with Gasteiger partial charge in [-0.1, -0.05) is 29.8 Å². The standard InChI is InChI=1S/C19H19ClN6O/c20-16-5-2-1-4-15(16)12-19(27)25-10-8-24(9-11-25)17-13-18(22-14-21-17)26-7-3-6-23-26/h1-7,13-14H,8-12H2. The molecule has 3 aromatic rings. The van der Waals surface area contributed by atoms with E-state index in [4.69, 9.17) is 11.6 Å². The Morgan fingerprint density at radius 3 is 2.56 bits per heavy atom. The molecule has 0 saturated carbocycles. The van der Waals surface area contributed by atoms with Gasteiger partial charge in [-0.05, 0) is 17.7 Å². The number of nitrogens with zero attached hydrogens (tertiary/aromatic N) is 6. The van der Waals surface area contributed by atoms with E-state index in [-0.39, 0.29) is 5.91 Å². The highest BCUT2D eigenvalue weighted by molar-refractivity contribution is 6.31. The fraction of sp³-hybridized carbons (Fsp3) is 0.263. The van der Waals surface area contributed by atoms with Gasteiger partial charge in [0, 0.05) is 49.7 Å². The highest BCUT2D eigenvalue weighted by Crippen LogP contribution is 2.18. The minimum atomic E-state index is 0.0997. The lowest BCUT2D eigenvalue weighted by molar-refractivity contribution is -0.130. The first-order valence-electron chi connectivity index (χ1n) is 8.79. The van der Waals surface area contributed by atoms with Crippen molar-refractivity contribution in [2.75, 3.05) is 31.1 Å². The largest absolute Gasteiger partial charge is 0.353 e. The smallest absolute Gasteiger partial charge is 0.227 e. The van der Waals surface area contributed by atoms with Crippen LogP contribution in [0.3, 0.4) is 0 Å². The number of piperazine rings is 1. The van der Waals surface area contributed by atoms with E-state index in [2.05, 4.69) is 20.0 Å². The lowest BCUT2D eigenvalue weighted by atomic mass is 10.1. The lowest BCUT2D eigenvalue weighted by Crippen LogP contribution is -2.49. The van der Waals surface area contributed by atoms with E-state index in [1.807, 2.05) is 47.5 Å². The van der Waals surface area contributed by atoms with Gasteiger partial charge in [0.2, 0.25) is 5.91 Å². The molecule has 138 valence electrons. The van der Waals surface area contributed by atoms with Crippen molar-refractivity contribution in [3.63, 3.8) is 0 Å². The number of halogens is 1. The molecular formula is C19H19ClN6O. The molecule has 0 radical (unpaired) electrons. The Balaban J connectivity index is 1.38. The summed E-state index contributed by atoms with van der Waals surface area (Å²) in [7, 11) is 0. The zero-order chi connectivity index (χ0) is 18.6. The number of rotatable bonds is 4. The van der Waals surface area contributed by atoms with Gasteiger partial charge in [-0.2, -0.15) is 5.10 Å². The summed E-state index contributed by atoms with van der Waals surface area (Å²) in [5, 5.41) is 4.83. The molecule has 1 saturated heterocycles. The Morgan fingerprint density at radius 2 is 1.81 bits per heavy atom. The number of hydrogen-bond acceptors (Lipinski definition) is 5. The SMILES string of the molecule is O=C(Cc1ccccc1Cl)N1CCN(c2cc(-n3cccn3)ncn2)CC1. The van der Waals surface area contributed by atoms with Gasteiger partial charge < -0.3 is 9.80 Å². The second-order valence-electron chi connectivity index (χ2n) is 6.32. The topological polar surface area (TPSA) is 67.2 Å². The second-order valence-corrected chi connectivity index (χ2v) is 6.73. The maximum atomic E-state index is 12.6. The Morgan fingerprint density at radius 1 is 1.04 bits per heavy atom. The number of hydrogen-bond donors (Lipinski definition) is 0. The molecule has 7 nitrogen and oxygen atoms in total. The Kier molecular flexibility index (Phi) is 5.02. The van der Waals surface area contributed by atoms with Crippen LogP contribution in [-0.4, -0.2) is 56.7 Å². The average molecular weight is 383 g/mol. The van der Waals surface area contributed by atoms with Crippen molar-refractivity contribution in [3.8, 4) is 5.82 Å². The van der Waals surface area contributed by atoms with Gasteiger partial charge in [0.1, 0.15) is 12.1 Å². The number of benzene rings is 1. The van der Waals surface area contributed by atoms with Crippen molar-refractivity contribution >= 4 is 23.3 Å². The van der Waals surface area contributed by atoms with Gasteiger partial charge in [0.05, 0.1) is 6.42 Å². The van der Waals surface area contributed by atoms with Crippen LogP contribution in [0.25, 0.3) is 5.82 Å². The van der Waals surface area contributed by atoms with Gasteiger partial charge in [-0.15, -0.1) is 0 Å². The monoisotopic (exact) mass is 382 g/mol. The number of anilines is 1. The third-order valence-corrected chi connectivity index (χ3v) is 5.00. The highest BCUT2D eigenvalue weighted by Gasteiger charge is 2.22. The van der Waals surface area contributed by atoms with Crippen molar-refractivity contribution in [3.05, 3.63) is 65.7 Å². The number of amides is 1. The van der Waals surface area contributed by atoms with E-state index in [0.717, 1.165) is 30.3 Å². The molecule has 1 fully saturated rings. The molecular weight excluding hydrogens is 364 g/mol. The maximum Gasteiger partial charge on any atom is 0.227 e. The van der Waals surface area contributed by atoms with Crippen LogP contribution in [0.1, 0.15) is 5.56 Å². The molecule has 0 spiro atoms. The second kappa shape index (κ2) is 7.75. The molecule has 3 heterocycles. The normalized spacial score (nSPS) is 14.4. The Hall–Kier alpha value is -2.93. The van der Waals surface area contributed by atoms with E-state index in [1.165, 1.54) is 0 Å². The third kappa shape index (κ3) is 3.93. The molecule has 1 amide bonds. The molecule has 0 N–H and O–H groups in total. The molecule has 1 aromatic carbocycles. The van der Waals surface area contributed by atoms with Crippen LogP contribution in [0.4, 0.5) is 5.82 Å². The minimum absolute atomic E-state index is 0.0997. The first kappa shape index (κ1) is 17.5. The predicted octanol–water partition coefficient (Wildman–Crippen LogP) is 2.21. The minimum Gasteiger partial charge on any atom is -0.353 e. The third-order valence-electron chi connectivity index (χ3n) is 4.63. The molecule has 1 aliphatic heterocycles. The summed E-state index contributed by atoms with van der Waals surface area (Å²) in [4.78, 5) is 25.3. The van der Waals surface area contributed by atoms with Gasteiger partial charge in [-0.3, -0.25) is 4.79 Å². The van der Waals surface area contributed by atoms with Gasteiger partial charge >= 0.3 is 0 Å². The van der Waals surface area contributed by atoms with Crippen molar-refractivity contribution in [2.24, 2.45) is 0 Å². The van der Waals surface area contributed by atoms with E-state index < -0.39 is 0 Å². The van der Waals surface area contributed by atoms with Crippen LogP contribution >= 0.6 is 11.6 Å². The van der Waals surface area contributed by atoms with Gasteiger partial charge in [-0.25, -0.2) is 14.6 Å². The fourth-order valence-corrected chi connectivity index (χ4v) is 3.34. The summed E-state index contributed by atoms with van der Waals surface area (Å²) in [6.45, 7) is 2.77. The molecule has 4 rings (SSSR count). The highest BCUT2D eigenvalue weighted by atomic mass is 35.5. The van der Waals surface area contributed by atoms with E-state index in [1.54, 1.807) is 17.2 Å². The van der Waals surface area contributed by atoms with Crippen LogP contribution < -0.4 is 4.90 Å². The number of carbonyl (C=O) groups is 1. The quantitative estimate of drug-likeness (QED) is 0.692. The van der Waals surface area contributed by atoms with Crippen LogP contribution in [0, 0.1) is 0 Å². The summed E-state index contributed by atoms with van der Waals surface area (Å²) in [5.41, 5.74) is 0.867. The number of carbonyl (C=O) groups excluding carboxylic acids is 1. The van der Waals surface area contributed by atoms with Crippen LogP contribution in [0.2, 0.25) is 5.02 Å². The molecule has 2 aromatic heterocycles. The molecule has 0 unspecified atom stereocenters. The van der Waals surface area contributed by atoms with Gasteiger partial charge in [0.25, 0.3) is 0 Å². The molecule has 0 aliphatic carbocycles. The summed E-state index contributed by atoms with van der Waals surface area (Å²) >= 11 is 6.17. The van der Waals surface area contributed by atoms with Crippen molar-refractivity contribution < 1.29 is 4.79 Å². The van der Waals surface area contributed by atoms with E-state index in [9.17, 15) is 4.79 Å². The van der Waals surface area contributed by atoms with Crippen molar-refractivity contribution in [1.82, 2.24) is 24.6 Å². The Bertz CT molecular complexity index is 921. The lowest BCUT2D eigenvalue weighted by Gasteiger charge is -2.35. The zero-order valence-corrected chi connectivity index (χ0v) is 15.5. The first-order chi connectivity index (χ1) is 13.2. The summed E-state index contributed by atoms with van der Waals surface area (Å²) < 4.78 is 1.70. The van der Waals surface area contributed by atoms with Crippen LogP contribution in [0.5, 0.6) is 0 Å². The van der Waals surface area contributed by atoms with Crippen LogP contribution in [0.15, 0.2) is 55.1 Å². The first-order valence-corrected chi connectivity index (χ1v) is 9.17. The molecule has 0 atom stereocenters. The maximum absolute atomic E-state index is 12.6. The molecule has 8 heteroatoms. The molecule has 0 bridgehead atoms. The molecule has 1 aliphatic rings. The fourth-order valence-electron chi connectivity index (χ4n) is 3.14. The predicted molar refractivity (Wildman–Crippen MR) is 103 cm³/mol.